The molecule has 0 saturated heterocycles. The molecule has 1 aliphatic carbocycles. The number of fused-ring (bicyclic) bond motifs is 1. The maximum absolute atomic E-state index is 13.3. The van der Waals surface area contributed by atoms with E-state index in [-0.39, 0.29) is 12.1 Å². The minimum absolute atomic E-state index is 0.0197. The quantitative estimate of drug-likeness (QED) is 0.413. The van der Waals surface area contributed by atoms with E-state index in [0.717, 1.165) is 52.7 Å². The predicted molar refractivity (Wildman–Crippen MR) is 132 cm³/mol. The van der Waals surface area contributed by atoms with Crippen molar-refractivity contribution in [3.05, 3.63) is 81.7 Å². The number of allylic oxidation sites excluding steroid dienone is 1. The smallest absolute Gasteiger partial charge is 0.338 e. The van der Waals surface area contributed by atoms with Crippen LogP contribution in [0.5, 0.6) is 5.75 Å². The van der Waals surface area contributed by atoms with Crippen LogP contribution < -0.4 is 10.1 Å². The third kappa shape index (κ3) is 4.87. The zero-order valence-corrected chi connectivity index (χ0v) is 20.6. The maximum Gasteiger partial charge on any atom is 0.338 e. The summed E-state index contributed by atoms with van der Waals surface area (Å²) >= 11 is 3.45. The number of carbonyl (C=O) groups is 1. The van der Waals surface area contributed by atoms with Crippen LogP contribution in [-0.4, -0.2) is 26.8 Å². The molecule has 1 aromatic heterocycles. The van der Waals surface area contributed by atoms with Crippen LogP contribution in [0.15, 0.2) is 70.6 Å². The van der Waals surface area contributed by atoms with Gasteiger partial charge in [-0.1, -0.05) is 46.6 Å². The van der Waals surface area contributed by atoms with Gasteiger partial charge in [-0.15, -0.1) is 0 Å². The highest BCUT2D eigenvalue weighted by molar-refractivity contribution is 9.10. The average Bonchev–Trinajstić information content (AvgIpc) is 3.32. The zero-order chi connectivity index (χ0) is 23.5. The number of anilines is 1. The van der Waals surface area contributed by atoms with Crippen molar-refractivity contribution < 1.29 is 14.3 Å². The minimum atomic E-state index is -0.421. The number of ether oxygens (including phenoxy) is 2. The summed E-state index contributed by atoms with van der Waals surface area (Å²) in [5.41, 5.74) is 3.30. The highest BCUT2D eigenvalue weighted by Gasteiger charge is 2.35. The predicted octanol–water partition coefficient (Wildman–Crippen LogP) is 5.78. The molecule has 2 aromatic carbocycles. The van der Waals surface area contributed by atoms with Gasteiger partial charge in [0, 0.05) is 10.2 Å². The van der Waals surface area contributed by atoms with Gasteiger partial charge in [-0.2, -0.15) is 10.1 Å². The lowest BCUT2D eigenvalue weighted by Crippen LogP contribution is -2.32. The summed E-state index contributed by atoms with van der Waals surface area (Å²) in [5.74, 6) is 1.07. The van der Waals surface area contributed by atoms with E-state index in [4.69, 9.17) is 9.47 Å². The molecule has 8 heteroatoms. The van der Waals surface area contributed by atoms with E-state index in [0.29, 0.717) is 18.1 Å². The Morgan fingerprint density at radius 2 is 1.82 bits per heavy atom. The number of aromatic nitrogens is 3. The highest BCUT2D eigenvalue weighted by atomic mass is 79.9. The Balaban J connectivity index is 1.37. The molecule has 0 amide bonds. The Morgan fingerprint density at radius 1 is 1.09 bits per heavy atom. The first-order chi connectivity index (χ1) is 16.6. The lowest BCUT2D eigenvalue weighted by atomic mass is 9.95. The average molecular weight is 523 g/mol. The third-order valence-corrected chi connectivity index (χ3v) is 6.88. The van der Waals surface area contributed by atoms with Gasteiger partial charge in [-0.05, 0) is 68.0 Å². The zero-order valence-electron chi connectivity index (χ0n) is 19.0. The molecule has 3 aromatic rings. The summed E-state index contributed by atoms with van der Waals surface area (Å²) < 4.78 is 14.7. The number of hydrogen-bond donors (Lipinski definition) is 1. The molecule has 7 nitrogen and oxygen atoms in total. The molecule has 1 aliphatic heterocycles. The Kier molecular flexibility index (Phi) is 6.67. The highest BCUT2D eigenvalue weighted by Crippen LogP contribution is 2.36. The molecule has 1 saturated carbocycles. The second-order valence-corrected chi connectivity index (χ2v) is 9.66. The molecule has 34 heavy (non-hydrogen) atoms. The summed E-state index contributed by atoms with van der Waals surface area (Å²) in [6.45, 7) is 2.36. The molecule has 1 fully saturated rings. The molecule has 176 valence electrons. The van der Waals surface area contributed by atoms with Crippen LogP contribution in [0, 0.1) is 0 Å². The largest absolute Gasteiger partial charge is 0.489 e. The Bertz CT molecular complexity index is 1180. The third-order valence-electron chi connectivity index (χ3n) is 6.35. The fourth-order valence-corrected chi connectivity index (χ4v) is 4.82. The maximum atomic E-state index is 13.3. The van der Waals surface area contributed by atoms with Gasteiger partial charge in [-0.3, -0.25) is 0 Å². The van der Waals surface area contributed by atoms with Crippen LogP contribution in [0.3, 0.4) is 0 Å². The van der Waals surface area contributed by atoms with E-state index >= 15 is 0 Å². The number of rotatable bonds is 6. The fourth-order valence-electron chi connectivity index (χ4n) is 4.55. The van der Waals surface area contributed by atoms with E-state index in [1.807, 2.05) is 55.5 Å². The topological polar surface area (TPSA) is 78.3 Å². The van der Waals surface area contributed by atoms with Gasteiger partial charge in [0.05, 0.1) is 5.57 Å². The lowest BCUT2D eigenvalue weighted by molar-refractivity contribution is -0.146. The Labute approximate surface area is 207 Å². The number of halogens is 1. The molecule has 1 atom stereocenters. The molecule has 5 rings (SSSR count). The van der Waals surface area contributed by atoms with Crippen LogP contribution in [0.2, 0.25) is 0 Å². The van der Waals surface area contributed by atoms with Crippen LogP contribution in [0.1, 0.15) is 56.2 Å². The molecule has 0 bridgehead atoms. The van der Waals surface area contributed by atoms with Gasteiger partial charge < -0.3 is 14.8 Å². The van der Waals surface area contributed by atoms with Crippen molar-refractivity contribution in [1.82, 2.24) is 14.8 Å². The van der Waals surface area contributed by atoms with Gasteiger partial charge in [-0.25, -0.2) is 9.48 Å². The molecule has 1 unspecified atom stereocenters. The molecular weight excluding hydrogens is 496 g/mol. The molecule has 0 spiro atoms. The SMILES string of the molecule is CC1=C(C(=O)OC2CCCCC2)C(c2ccc(OCc3ccc(Br)cc3)cc2)n2ncnc2N1. The van der Waals surface area contributed by atoms with Gasteiger partial charge >= 0.3 is 5.97 Å². The van der Waals surface area contributed by atoms with Gasteiger partial charge in [0.2, 0.25) is 5.95 Å². The van der Waals surface area contributed by atoms with E-state index in [9.17, 15) is 4.79 Å². The molecule has 1 N–H and O–H groups in total. The molecular formula is C26H27BrN4O3. The molecule has 0 radical (unpaired) electrons. The summed E-state index contributed by atoms with van der Waals surface area (Å²) in [7, 11) is 0. The standard InChI is InChI=1S/C26H27BrN4O3/c1-17-23(25(32)34-22-5-3-2-4-6-22)24(31-26(30-17)28-16-29-31)19-9-13-21(14-10-19)33-15-18-7-11-20(27)12-8-18/h7-14,16,22,24H,2-6,15H2,1H3,(H,28,29,30). The van der Waals surface area contributed by atoms with Crippen LogP contribution in [0.25, 0.3) is 0 Å². The molecule has 2 heterocycles. The van der Waals surface area contributed by atoms with Crippen molar-refractivity contribution >= 4 is 27.8 Å². The first-order valence-electron chi connectivity index (χ1n) is 11.6. The number of carbonyl (C=O) groups excluding carboxylic acids is 1. The molecule has 2 aliphatic rings. The number of nitrogens with zero attached hydrogens (tertiary/aromatic N) is 3. The van der Waals surface area contributed by atoms with Crippen molar-refractivity contribution in [2.45, 2.75) is 57.8 Å². The Morgan fingerprint density at radius 3 is 2.56 bits per heavy atom. The van der Waals surface area contributed by atoms with Crippen molar-refractivity contribution in [1.29, 1.82) is 0 Å². The van der Waals surface area contributed by atoms with Crippen LogP contribution >= 0.6 is 15.9 Å². The number of hydrogen-bond acceptors (Lipinski definition) is 6. The number of benzene rings is 2. The second kappa shape index (κ2) is 10.0. The van der Waals surface area contributed by atoms with Crippen LogP contribution in [-0.2, 0) is 16.1 Å². The summed E-state index contributed by atoms with van der Waals surface area (Å²) in [4.78, 5) is 17.6. The van der Waals surface area contributed by atoms with E-state index in [1.54, 1.807) is 4.68 Å². The van der Waals surface area contributed by atoms with E-state index in [2.05, 4.69) is 31.3 Å². The fraction of sp³-hybridized carbons (Fsp3) is 0.346. The van der Waals surface area contributed by atoms with Gasteiger partial charge in [0.25, 0.3) is 0 Å². The van der Waals surface area contributed by atoms with Crippen LogP contribution in [0.4, 0.5) is 5.95 Å². The summed E-state index contributed by atoms with van der Waals surface area (Å²) in [5, 5.41) is 7.60. The lowest BCUT2D eigenvalue weighted by Gasteiger charge is -2.30. The summed E-state index contributed by atoms with van der Waals surface area (Å²) in [6, 6.07) is 15.4. The summed E-state index contributed by atoms with van der Waals surface area (Å²) in [6.07, 6.45) is 6.74. The van der Waals surface area contributed by atoms with E-state index < -0.39 is 6.04 Å². The van der Waals surface area contributed by atoms with Gasteiger partial charge in [0.1, 0.15) is 30.8 Å². The van der Waals surface area contributed by atoms with Crippen molar-refractivity contribution in [3.8, 4) is 5.75 Å². The first-order valence-corrected chi connectivity index (χ1v) is 12.4. The Hall–Kier alpha value is -3.13. The first kappa shape index (κ1) is 22.7. The normalized spacial score (nSPS) is 18.2. The van der Waals surface area contributed by atoms with Crippen molar-refractivity contribution in [3.63, 3.8) is 0 Å². The number of esters is 1. The monoisotopic (exact) mass is 522 g/mol. The van der Waals surface area contributed by atoms with Crippen molar-refractivity contribution in [2.24, 2.45) is 0 Å². The van der Waals surface area contributed by atoms with Gasteiger partial charge in [0.15, 0.2) is 0 Å². The number of nitrogens with one attached hydrogen (secondary N) is 1. The minimum Gasteiger partial charge on any atom is -0.489 e. The second-order valence-electron chi connectivity index (χ2n) is 8.74. The van der Waals surface area contributed by atoms with E-state index in [1.165, 1.54) is 12.7 Å². The van der Waals surface area contributed by atoms with Crippen molar-refractivity contribution in [2.75, 3.05) is 5.32 Å².